The number of phenolic OH excluding ortho intramolecular Hbond substituents is 1. The number of hydrogen-bond donors (Lipinski definition) is 4. The van der Waals surface area contributed by atoms with Gasteiger partial charge in [0.2, 0.25) is 6.79 Å². The van der Waals surface area contributed by atoms with Gasteiger partial charge in [-0.25, -0.2) is 4.79 Å². The first-order valence-corrected chi connectivity index (χ1v) is 7.97. The second-order valence-electron chi connectivity index (χ2n) is 6.14. The molecule has 2 aliphatic rings. The van der Waals surface area contributed by atoms with Crippen LogP contribution in [0.4, 0.5) is 0 Å². The van der Waals surface area contributed by atoms with Crippen molar-refractivity contribution in [1.29, 1.82) is 0 Å². The van der Waals surface area contributed by atoms with E-state index < -0.39 is 17.5 Å². The van der Waals surface area contributed by atoms with Gasteiger partial charge in [-0.1, -0.05) is 6.07 Å². The summed E-state index contributed by atoms with van der Waals surface area (Å²) in [4.78, 5) is 11.5. The molecule has 0 amide bonds. The third kappa shape index (κ3) is 2.62. The summed E-state index contributed by atoms with van der Waals surface area (Å²) in [7, 11) is 0. The quantitative estimate of drug-likeness (QED) is 0.631. The SMILES string of the molecule is O=C(O)c1c(C[C@H]2NCCc3cc4c(cc32)OCO4)ccc(O)c1O. The maximum absolute atomic E-state index is 11.5. The van der Waals surface area contributed by atoms with E-state index in [4.69, 9.17) is 9.47 Å². The predicted octanol–water partition coefficient (Wildman–Crippen LogP) is 1.95. The molecular weight excluding hydrogens is 326 g/mol. The Hall–Kier alpha value is -2.93. The van der Waals surface area contributed by atoms with Crippen molar-refractivity contribution in [3.05, 3.63) is 46.5 Å². The second kappa shape index (κ2) is 5.86. The van der Waals surface area contributed by atoms with Crippen LogP contribution in [0.25, 0.3) is 0 Å². The molecule has 0 radical (unpaired) electrons. The zero-order valence-electron chi connectivity index (χ0n) is 13.3. The molecule has 4 N–H and O–H groups in total. The van der Waals surface area contributed by atoms with Crippen LogP contribution in [0.2, 0.25) is 0 Å². The number of benzene rings is 2. The molecule has 0 spiro atoms. The van der Waals surface area contributed by atoms with Crippen LogP contribution in [-0.2, 0) is 12.8 Å². The van der Waals surface area contributed by atoms with Crippen LogP contribution in [0.5, 0.6) is 23.0 Å². The highest BCUT2D eigenvalue weighted by atomic mass is 16.7. The molecule has 130 valence electrons. The number of carboxylic acid groups (broad SMARTS) is 1. The largest absolute Gasteiger partial charge is 0.504 e. The van der Waals surface area contributed by atoms with E-state index >= 15 is 0 Å². The molecule has 25 heavy (non-hydrogen) atoms. The van der Waals surface area contributed by atoms with Gasteiger partial charge in [-0.3, -0.25) is 0 Å². The fraction of sp³-hybridized carbons (Fsp3) is 0.278. The molecule has 0 bridgehead atoms. The molecule has 0 aromatic heterocycles. The average Bonchev–Trinajstić information content (AvgIpc) is 3.03. The number of fused-ring (bicyclic) bond motifs is 2. The molecule has 2 aliphatic heterocycles. The van der Waals surface area contributed by atoms with Crippen LogP contribution in [0, 0.1) is 0 Å². The van der Waals surface area contributed by atoms with Gasteiger partial charge in [0.05, 0.1) is 0 Å². The van der Waals surface area contributed by atoms with Crippen molar-refractivity contribution in [2.24, 2.45) is 0 Å². The maximum Gasteiger partial charge on any atom is 0.339 e. The van der Waals surface area contributed by atoms with E-state index in [2.05, 4.69) is 5.32 Å². The van der Waals surface area contributed by atoms with Crippen LogP contribution >= 0.6 is 0 Å². The fourth-order valence-corrected chi connectivity index (χ4v) is 3.46. The first-order valence-electron chi connectivity index (χ1n) is 7.97. The smallest absolute Gasteiger partial charge is 0.339 e. The summed E-state index contributed by atoms with van der Waals surface area (Å²) < 4.78 is 10.9. The molecule has 0 fully saturated rings. The van der Waals surface area contributed by atoms with E-state index in [9.17, 15) is 20.1 Å². The Morgan fingerprint density at radius 3 is 2.72 bits per heavy atom. The zero-order valence-corrected chi connectivity index (χ0v) is 13.3. The molecule has 0 saturated carbocycles. The summed E-state index contributed by atoms with van der Waals surface area (Å²) in [5.74, 6) is -0.911. The van der Waals surface area contributed by atoms with Crippen molar-refractivity contribution in [2.75, 3.05) is 13.3 Å². The second-order valence-corrected chi connectivity index (χ2v) is 6.14. The highest BCUT2D eigenvalue weighted by Crippen LogP contribution is 2.40. The van der Waals surface area contributed by atoms with Crippen LogP contribution in [0.3, 0.4) is 0 Å². The number of aromatic carboxylic acids is 1. The number of aromatic hydroxyl groups is 2. The molecule has 4 rings (SSSR count). The normalized spacial score (nSPS) is 18.0. The summed E-state index contributed by atoms with van der Waals surface area (Å²) in [6.07, 6.45) is 1.21. The summed E-state index contributed by atoms with van der Waals surface area (Å²) in [6, 6.07) is 6.61. The number of hydrogen-bond acceptors (Lipinski definition) is 6. The Labute approximate surface area is 143 Å². The lowest BCUT2D eigenvalue weighted by Gasteiger charge is -2.28. The third-order valence-electron chi connectivity index (χ3n) is 4.68. The van der Waals surface area contributed by atoms with E-state index in [1.54, 1.807) is 0 Å². The molecule has 7 heteroatoms. The van der Waals surface area contributed by atoms with Gasteiger partial charge in [0.1, 0.15) is 5.56 Å². The van der Waals surface area contributed by atoms with Crippen molar-refractivity contribution in [3.8, 4) is 23.0 Å². The van der Waals surface area contributed by atoms with Crippen molar-refractivity contribution in [2.45, 2.75) is 18.9 Å². The van der Waals surface area contributed by atoms with Crippen molar-refractivity contribution in [1.82, 2.24) is 5.32 Å². The molecule has 1 atom stereocenters. The van der Waals surface area contributed by atoms with Crippen LogP contribution in [-0.4, -0.2) is 34.6 Å². The summed E-state index contributed by atoms with van der Waals surface area (Å²) in [5, 5.41) is 32.3. The number of carbonyl (C=O) groups is 1. The molecule has 2 aromatic rings. The Kier molecular flexibility index (Phi) is 3.65. The lowest BCUT2D eigenvalue weighted by atomic mass is 9.88. The molecule has 0 saturated heterocycles. The van der Waals surface area contributed by atoms with Gasteiger partial charge < -0.3 is 30.1 Å². The predicted molar refractivity (Wildman–Crippen MR) is 87.4 cm³/mol. The van der Waals surface area contributed by atoms with Crippen LogP contribution in [0.15, 0.2) is 24.3 Å². The minimum Gasteiger partial charge on any atom is -0.504 e. The monoisotopic (exact) mass is 343 g/mol. The summed E-state index contributed by atoms with van der Waals surface area (Å²) in [5.41, 5.74) is 2.34. The van der Waals surface area contributed by atoms with Gasteiger partial charge in [-0.15, -0.1) is 0 Å². The highest BCUT2D eigenvalue weighted by Gasteiger charge is 2.27. The van der Waals surface area contributed by atoms with Crippen LogP contribution < -0.4 is 14.8 Å². The van der Waals surface area contributed by atoms with Crippen molar-refractivity contribution in [3.63, 3.8) is 0 Å². The van der Waals surface area contributed by atoms with Gasteiger partial charge >= 0.3 is 5.97 Å². The van der Waals surface area contributed by atoms with Gasteiger partial charge in [-0.2, -0.15) is 0 Å². The van der Waals surface area contributed by atoms with Gasteiger partial charge in [0.25, 0.3) is 0 Å². The Balaban J connectivity index is 1.72. The highest BCUT2D eigenvalue weighted by molar-refractivity contribution is 5.93. The van der Waals surface area contributed by atoms with E-state index in [0.717, 1.165) is 29.8 Å². The van der Waals surface area contributed by atoms with Crippen molar-refractivity contribution < 1.29 is 29.6 Å². The Morgan fingerprint density at radius 1 is 1.20 bits per heavy atom. The van der Waals surface area contributed by atoms with E-state index in [-0.39, 0.29) is 18.4 Å². The number of rotatable bonds is 3. The standard InChI is InChI=1S/C18H17NO6/c20-13-2-1-10(16(17(13)21)18(22)23)5-12-11-7-15-14(24-8-25-15)6-9(11)3-4-19-12/h1-2,6-7,12,19-21H,3-5,8H2,(H,22,23)/t12-/m1/s1. The van der Waals surface area contributed by atoms with Crippen molar-refractivity contribution >= 4 is 5.97 Å². The molecule has 2 heterocycles. The zero-order chi connectivity index (χ0) is 17.6. The van der Waals surface area contributed by atoms with Gasteiger partial charge in [-0.05, 0) is 54.3 Å². The maximum atomic E-state index is 11.5. The number of nitrogens with one attached hydrogen (secondary N) is 1. The summed E-state index contributed by atoms with van der Waals surface area (Å²) in [6.45, 7) is 0.953. The average molecular weight is 343 g/mol. The number of phenols is 2. The molecule has 0 aliphatic carbocycles. The van der Waals surface area contributed by atoms with Gasteiger partial charge in [0.15, 0.2) is 23.0 Å². The molecule has 0 unspecified atom stereocenters. The first-order chi connectivity index (χ1) is 12.0. The van der Waals surface area contributed by atoms with E-state index in [1.165, 1.54) is 12.1 Å². The number of carboxylic acids is 1. The minimum atomic E-state index is -1.27. The van der Waals surface area contributed by atoms with E-state index in [1.807, 2.05) is 12.1 Å². The van der Waals surface area contributed by atoms with Crippen LogP contribution in [0.1, 0.15) is 33.1 Å². The third-order valence-corrected chi connectivity index (χ3v) is 4.68. The first kappa shape index (κ1) is 15.6. The topological polar surface area (TPSA) is 108 Å². The fourth-order valence-electron chi connectivity index (χ4n) is 3.46. The molecule has 2 aromatic carbocycles. The lowest BCUT2D eigenvalue weighted by molar-refractivity contribution is 0.0691. The minimum absolute atomic E-state index is 0.125. The Bertz CT molecular complexity index is 863. The Morgan fingerprint density at radius 2 is 1.96 bits per heavy atom. The lowest BCUT2D eigenvalue weighted by Crippen LogP contribution is -2.31. The van der Waals surface area contributed by atoms with Gasteiger partial charge in [0, 0.05) is 6.04 Å². The van der Waals surface area contributed by atoms with E-state index in [0.29, 0.717) is 17.7 Å². The summed E-state index contributed by atoms with van der Waals surface area (Å²) >= 11 is 0. The molecule has 7 nitrogen and oxygen atoms in total. The molecular formula is C18H17NO6. The number of ether oxygens (including phenoxy) is 2.